The van der Waals surface area contributed by atoms with E-state index in [-0.39, 0.29) is 11.9 Å². The van der Waals surface area contributed by atoms with E-state index in [0.29, 0.717) is 17.9 Å². The second kappa shape index (κ2) is 6.45. The van der Waals surface area contributed by atoms with Gasteiger partial charge in [-0.3, -0.25) is 4.90 Å². The van der Waals surface area contributed by atoms with E-state index in [4.69, 9.17) is 5.84 Å². The maximum absolute atomic E-state index is 13.8. The van der Waals surface area contributed by atoms with Crippen molar-refractivity contribution in [3.8, 4) is 0 Å². The van der Waals surface area contributed by atoms with Crippen LogP contribution in [0.5, 0.6) is 0 Å². The number of hydrogen-bond acceptors (Lipinski definition) is 4. The van der Waals surface area contributed by atoms with Crippen molar-refractivity contribution in [1.82, 2.24) is 9.88 Å². The average molecular weight is 274 g/mol. The molecule has 0 fully saturated rings. The molecule has 2 rings (SSSR count). The molecule has 0 radical (unpaired) electrons. The van der Waals surface area contributed by atoms with Crippen LogP contribution in [0.25, 0.3) is 0 Å². The summed E-state index contributed by atoms with van der Waals surface area (Å²) >= 11 is 0. The van der Waals surface area contributed by atoms with Crippen LogP contribution in [0, 0.1) is 5.82 Å². The number of pyridine rings is 1. The number of nitrogens with two attached hydrogens (primary N) is 1. The van der Waals surface area contributed by atoms with Crippen LogP contribution in [0.1, 0.15) is 24.1 Å². The number of hydrogen-bond donors (Lipinski definition) is 2. The van der Waals surface area contributed by atoms with Crippen LogP contribution in [0.2, 0.25) is 0 Å². The Bertz CT molecular complexity index is 556. The summed E-state index contributed by atoms with van der Waals surface area (Å²) in [5.74, 6) is 5.73. The molecule has 1 aromatic heterocycles. The van der Waals surface area contributed by atoms with Crippen molar-refractivity contribution < 1.29 is 4.39 Å². The fourth-order valence-electron chi connectivity index (χ4n) is 2.08. The molecule has 5 heteroatoms. The van der Waals surface area contributed by atoms with Gasteiger partial charge < -0.3 is 5.43 Å². The minimum absolute atomic E-state index is 0.0106. The van der Waals surface area contributed by atoms with Gasteiger partial charge in [-0.15, -0.1) is 0 Å². The summed E-state index contributed by atoms with van der Waals surface area (Å²) in [5, 5.41) is 0. The molecule has 0 amide bonds. The SMILES string of the molecule is CC(c1ccccc1F)N(C)Cc1ccc(NN)nc1. The topological polar surface area (TPSA) is 54.2 Å². The van der Waals surface area contributed by atoms with E-state index in [1.54, 1.807) is 12.3 Å². The summed E-state index contributed by atoms with van der Waals surface area (Å²) in [7, 11) is 1.96. The Morgan fingerprint density at radius 2 is 2.05 bits per heavy atom. The Hall–Kier alpha value is -1.98. The maximum Gasteiger partial charge on any atom is 0.139 e. The second-order valence-corrected chi connectivity index (χ2v) is 4.81. The van der Waals surface area contributed by atoms with E-state index in [9.17, 15) is 4.39 Å². The second-order valence-electron chi connectivity index (χ2n) is 4.81. The minimum Gasteiger partial charge on any atom is -0.308 e. The molecule has 0 spiro atoms. The Balaban J connectivity index is 2.07. The van der Waals surface area contributed by atoms with Crippen molar-refractivity contribution in [2.45, 2.75) is 19.5 Å². The maximum atomic E-state index is 13.8. The van der Waals surface area contributed by atoms with E-state index >= 15 is 0 Å². The van der Waals surface area contributed by atoms with E-state index in [1.165, 1.54) is 6.07 Å². The zero-order chi connectivity index (χ0) is 14.5. The molecule has 0 aliphatic rings. The summed E-state index contributed by atoms with van der Waals surface area (Å²) in [4.78, 5) is 6.24. The van der Waals surface area contributed by atoms with E-state index in [2.05, 4.69) is 15.3 Å². The van der Waals surface area contributed by atoms with Gasteiger partial charge in [0, 0.05) is 24.3 Å². The largest absolute Gasteiger partial charge is 0.308 e. The third-order valence-corrected chi connectivity index (χ3v) is 3.42. The van der Waals surface area contributed by atoms with Crippen LogP contribution in [0.3, 0.4) is 0 Å². The molecular formula is C15H19FN4. The number of aromatic nitrogens is 1. The summed E-state index contributed by atoms with van der Waals surface area (Å²) in [6, 6.07) is 10.6. The van der Waals surface area contributed by atoms with Gasteiger partial charge in [-0.1, -0.05) is 24.3 Å². The molecule has 0 saturated heterocycles. The molecule has 4 nitrogen and oxygen atoms in total. The van der Waals surface area contributed by atoms with Gasteiger partial charge in [0.2, 0.25) is 0 Å². The molecule has 1 heterocycles. The standard InChI is InChI=1S/C15H19FN4/c1-11(13-5-3-4-6-14(13)16)20(2)10-12-7-8-15(19-17)18-9-12/h3-9,11H,10,17H2,1-2H3,(H,18,19). The summed E-state index contributed by atoms with van der Waals surface area (Å²) in [5.41, 5.74) is 4.24. The third-order valence-electron chi connectivity index (χ3n) is 3.42. The van der Waals surface area contributed by atoms with Crippen LogP contribution in [-0.2, 0) is 6.54 Å². The van der Waals surface area contributed by atoms with Crippen LogP contribution in [-0.4, -0.2) is 16.9 Å². The number of hydrazine groups is 1. The van der Waals surface area contributed by atoms with Crippen molar-refractivity contribution >= 4 is 5.82 Å². The van der Waals surface area contributed by atoms with Crippen LogP contribution >= 0.6 is 0 Å². The number of anilines is 1. The predicted molar refractivity (Wildman–Crippen MR) is 78.3 cm³/mol. The first kappa shape index (κ1) is 14.4. The lowest BCUT2D eigenvalue weighted by atomic mass is 10.1. The highest BCUT2D eigenvalue weighted by Gasteiger charge is 2.15. The summed E-state index contributed by atoms with van der Waals surface area (Å²) < 4.78 is 13.8. The highest BCUT2D eigenvalue weighted by molar-refractivity contribution is 5.33. The number of benzene rings is 1. The van der Waals surface area contributed by atoms with Gasteiger partial charge in [0.1, 0.15) is 11.6 Å². The number of rotatable bonds is 5. The highest BCUT2D eigenvalue weighted by Crippen LogP contribution is 2.23. The lowest BCUT2D eigenvalue weighted by Gasteiger charge is -2.25. The van der Waals surface area contributed by atoms with E-state index in [0.717, 1.165) is 5.56 Å². The van der Waals surface area contributed by atoms with E-state index in [1.807, 2.05) is 38.2 Å². The van der Waals surface area contributed by atoms with Gasteiger partial charge in [0.15, 0.2) is 0 Å². The number of halogens is 1. The molecular weight excluding hydrogens is 255 g/mol. The Morgan fingerprint density at radius 3 is 2.65 bits per heavy atom. The monoisotopic (exact) mass is 274 g/mol. The van der Waals surface area contributed by atoms with Crippen molar-refractivity contribution in [3.05, 3.63) is 59.5 Å². The fraction of sp³-hybridized carbons (Fsp3) is 0.267. The van der Waals surface area contributed by atoms with Gasteiger partial charge >= 0.3 is 0 Å². The molecule has 1 unspecified atom stereocenters. The first-order valence-corrected chi connectivity index (χ1v) is 6.48. The average Bonchev–Trinajstić information content (AvgIpc) is 2.48. The van der Waals surface area contributed by atoms with Crippen molar-refractivity contribution in [2.24, 2.45) is 5.84 Å². The third kappa shape index (κ3) is 3.31. The van der Waals surface area contributed by atoms with Crippen LogP contribution in [0.4, 0.5) is 10.2 Å². The molecule has 0 saturated carbocycles. The van der Waals surface area contributed by atoms with Gasteiger partial charge in [0.25, 0.3) is 0 Å². The zero-order valence-corrected chi connectivity index (χ0v) is 11.7. The lowest BCUT2D eigenvalue weighted by Crippen LogP contribution is -2.22. The van der Waals surface area contributed by atoms with E-state index < -0.39 is 0 Å². The normalized spacial score (nSPS) is 12.4. The molecule has 0 aliphatic heterocycles. The minimum atomic E-state index is -0.173. The molecule has 1 atom stereocenters. The first-order valence-electron chi connectivity index (χ1n) is 6.48. The smallest absolute Gasteiger partial charge is 0.139 e. The Morgan fingerprint density at radius 1 is 1.30 bits per heavy atom. The molecule has 1 aromatic carbocycles. The molecule has 2 aromatic rings. The Kier molecular flexibility index (Phi) is 4.65. The summed E-state index contributed by atoms with van der Waals surface area (Å²) in [6.07, 6.45) is 1.76. The first-order chi connectivity index (χ1) is 9.61. The van der Waals surface area contributed by atoms with Crippen molar-refractivity contribution in [2.75, 3.05) is 12.5 Å². The highest BCUT2D eigenvalue weighted by atomic mass is 19.1. The van der Waals surface area contributed by atoms with Gasteiger partial charge in [0.05, 0.1) is 0 Å². The summed E-state index contributed by atoms with van der Waals surface area (Å²) in [6.45, 7) is 2.68. The molecule has 106 valence electrons. The van der Waals surface area contributed by atoms with Crippen LogP contribution < -0.4 is 11.3 Å². The van der Waals surface area contributed by atoms with Gasteiger partial charge in [-0.2, -0.15) is 0 Å². The van der Waals surface area contributed by atoms with Crippen molar-refractivity contribution in [1.29, 1.82) is 0 Å². The number of nitrogens with one attached hydrogen (secondary N) is 1. The van der Waals surface area contributed by atoms with Crippen molar-refractivity contribution in [3.63, 3.8) is 0 Å². The molecule has 20 heavy (non-hydrogen) atoms. The lowest BCUT2D eigenvalue weighted by molar-refractivity contribution is 0.247. The van der Waals surface area contributed by atoms with Gasteiger partial charge in [-0.25, -0.2) is 15.2 Å². The zero-order valence-electron chi connectivity index (χ0n) is 11.7. The Labute approximate surface area is 118 Å². The fourth-order valence-corrected chi connectivity index (χ4v) is 2.08. The van der Waals surface area contributed by atoms with Gasteiger partial charge in [-0.05, 0) is 31.7 Å². The predicted octanol–water partition coefficient (Wildman–Crippen LogP) is 2.70. The molecule has 0 bridgehead atoms. The van der Waals surface area contributed by atoms with Crippen LogP contribution in [0.15, 0.2) is 42.6 Å². The molecule has 3 N–H and O–H groups in total. The quantitative estimate of drug-likeness (QED) is 0.650. The number of nitrogens with zero attached hydrogens (tertiary/aromatic N) is 2. The molecule has 0 aliphatic carbocycles. The number of nitrogen functional groups attached to an aromatic ring is 1.